The maximum Gasteiger partial charge on any atom is 0.267 e. The van der Waals surface area contributed by atoms with Gasteiger partial charge < -0.3 is 5.32 Å². The smallest absolute Gasteiger partial charge is 0.267 e. The summed E-state index contributed by atoms with van der Waals surface area (Å²) in [5, 5.41) is 6.94. The Morgan fingerprint density at radius 2 is 2.05 bits per heavy atom. The molecule has 1 aromatic carbocycles. The van der Waals surface area contributed by atoms with Crippen LogP contribution in [0, 0.1) is 6.92 Å². The maximum absolute atomic E-state index is 12.2. The summed E-state index contributed by atoms with van der Waals surface area (Å²) in [5.74, 6) is -0.116. The van der Waals surface area contributed by atoms with Crippen molar-refractivity contribution in [3.63, 3.8) is 0 Å². The van der Waals surface area contributed by atoms with E-state index in [4.69, 9.17) is 0 Å². The van der Waals surface area contributed by atoms with Crippen molar-refractivity contribution in [2.45, 2.75) is 20.3 Å². The first-order chi connectivity index (χ1) is 10.7. The van der Waals surface area contributed by atoms with Crippen LogP contribution in [0.3, 0.4) is 0 Å². The Balaban J connectivity index is 1.72. The van der Waals surface area contributed by atoms with Crippen LogP contribution in [0.15, 0.2) is 35.8 Å². The van der Waals surface area contributed by atoms with Gasteiger partial charge in [0.15, 0.2) is 0 Å². The third kappa shape index (κ3) is 3.23. The van der Waals surface area contributed by atoms with Crippen LogP contribution in [0.5, 0.6) is 0 Å². The fourth-order valence-corrected chi connectivity index (χ4v) is 3.37. The maximum atomic E-state index is 12.2. The number of thiazole rings is 2. The highest BCUT2D eigenvalue weighted by atomic mass is 32.1. The average Bonchev–Trinajstić information content (AvgIpc) is 3.17. The highest BCUT2D eigenvalue weighted by Crippen LogP contribution is 2.23. The monoisotopic (exact) mass is 329 g/mol. The van der Waals surface area contributed by atoms with E-state index in [0.29, 0.717) is 4.88 Å². The summed E-state index contributed by atoms with van der Waals surface area (Å²) in [7, 11) is 0. The van der Waals surface area contributed by atoms with E-state index in [-0.39, 0.29) is 5.91 Å². The average molecular weight is 329 g/mol. The van der Waals surface area contributed by atoms with Crippen LogP contribution in [-0.4, -0.2) is 15.9 Å². The molecule has 0 bridgehead atoms. The SMILES string of the molecule is CCc1ncc(C(=O)Nc2ccc(-c3csc(C)n3)cc2)s1. The van der Waals surface area contributed by atoms with Crippen molar-refractivity contribution in [2.24, 2.45) is 0 Å². The molecule has 0 unspecified atom stereocenters. The zero-order chi connectivity index (χ0) is 15.5. The Kier molecular flexibility index (Phi) is 4.31. The van der Waals surface area contributed by atoms with Gasteiger partial charge in [0.1, 0.15) is 4.88 Å². The van der Waals surface area contributed by atoms with Gasteiger partial charge in [-0.2, -0.15) is 0 Å². The largest absolute Gasteiger partial charge is 0.321 e. The molecule has 0 radical (unpaired) electrons. The topological polar surface area (TPSA) is 54.9 Å². The molecule has 0 saturated heterocycles. The molecule has 0 spiro atoms. The zero-order valence-corrected chi connectivity index (χ0v) is 13.9. The quantitative estimate of drug-likeness (QED) is 0.772. The Bertz CT molecular complexity index is 790. The van der Waals surface area contributed by atoms with Crippen molar-refractivity contribution in [1.29, 1.82) is 0 Å². The van der Waals surface area contributed by atoms with Crippen LogP contribution in [0.2, 0.25) is 0 Å². The van der Waals surface area contributed by atoms with Crippen molar-refractivity contribution < 1.29 is 4.79 Å². The summed E-state index contributed by atoms with van der Waals surface area (Å²) in [4.78, 5) is 21.4. The van der Waals surface area contributed by atoms with Gasteiger partial charge in [-0.15, -0.1) is 22.7 Å². The second-order valence-electron chi connectivity index (χ2n) is 4.76. The molecule has 22 heavy (non-hydrogen) atoms. The Labute approximate surface area is 136 Å². The second kappa shape index (κ2) is 6.37. The minimum absolute atomic E-state index is 0.116. The molecule has 1 amide bonds. The summed E-state index contributed by atoms with van der Waals surface area (Å²) >= 11 is 3.06. The van der Waals surface area contributed by atoms with Crippen LogP contribution < -0.4 is 5.32 Å². The predicted molar refractivity (Wildman–Crippen MR) is 91.7 cm³/mol. The van der Waals surface area contributed by atoms with Gasteiger partial charge in [0.2, 0.25) is 0 Å². The number of hydrogen-bond donors (Lipinski definition) is 1. The molecule has 0 saturated carbocycles. The van der Waals surface area contributed by atoms with E-state index in [0.717, 1.165) is 33.4 Å². The lowest BCUT2D eigenvalue weighted by Crippen LogP contribution is -2.09. The van der Waals surface area contributed by atoms with Gasteiger partial charge in [-0.3, -0.25) is 4.79 Å². The molecular formula is C16H15N3OS2. The fourth-order valence-electron chi connectivity index (χ4n) is 1.99. The lowest BCUT2D eigenvalue weighted by molar-refractivity contribution is 0.103. The number of nitrogens with zero attached hydrogens (tertiary/aromatic N) is 2. The number of amides is 1. The first kappa shape index (κ1) is 14.9. The normalized spacial score (nSPS) is 10.6. The molecule has 2 heterocycles. The molecule has 6 heteroatoms. The first-order valence-corrected chi connectivity index (χ1v) is 8.64. The van der Waals surface area contributed by atoms with Crippen LogP contribution in [0.4, 0.5) is 5.69 Å². The Morgan fingerprint density at radius 3 is 2.64 bits per heavy atom. The van der Waals surface area contributed by atoms with E-state index in [1.54, 1.807) is 17.5 Å². The lowest BCUT2D eigenvalue weighted by atomic mass is 10.1. The summed E-state index contributed by atoms with van der Waals surface area (Å²) in [5.41, 5.74) is 2.79. The Hall–Kier alpha value is -2.05. The summed E-state index contributed by atoms with van der Waals surface area (Å²) in [6.45, 7) is 4.02. The van der Waals surface area contributed by atoms with Crippen molar-refractivity contribution in [3.8, 4) is 11.3 Å². The predicted octanol–water partition coefficient (Wildman–Crippen LogP) is 4.39. The van der Waals surface area contributed by atoms with Crippen molar-refractivity contribution in [3.05, 3.63) is 50.7 Å². The number of carbonyl (C=O) groups is 1. The molecule has 3 rings (SSSR count). The Morgan fingerprint density at radius 1 is 1.27 bits per heavy atom. The van der Waals surface area contributed by atoms with Crippen LogP contribution in [0.1, 0.15) is 26.6 Å². The van der Waals surface area contributed by atoms with Gasteiger partial charge in [0, 0.05) is 16.6 Å². The molecule has 1 N–H and O–H groups in total. The van der Waals surface area contributed by atoms with Crippen LogP contribution >= 0.6 is 22.7 Å². The highest BCUT2D eigenvalue weighted by Gasteiger charge is 2.10. The van der Waals surface area contributed by atoms with E-state index < -0.39 is 0 Å². The molecule has 0 aliphatic rings. The molecule has 2 aromatic heterocycles. The minimum Gasteiger partial charge on any atom is -0.321 e. The van der Waals surface area contributed by atoms with Gasteiger partial charge >= 0.3 is 0 Å². The minimum atomic E-state index is -0.116. The van der Waals surface area contributed by atoms with Gasteiger partial charge in [-0.25, -0.2) is 9.97 Å². The first-order valence-electron chi connectivity index (χ1n) is 6.94. The molecule has 3 aromatic rings. The number of aryl methyl sites for hydroxylation is 2. The summed E-state index contributed by atoms with van der Waals surface area (Å²) in [6.07, 6.45) is 2.48. The van der Waals surface area contributed by atoms with E-state index in [1.165, 1.54) is 11.3 Å². The van der Waals surface area contributed by atoms with Gasteiger partial charge in [0.05, 0.1) is 21.9 Å². The van der Waals surface area contributed by atoms with E-state index in [1.807, 2.05) is 43.5 Å². The number of anilines is 1. The fraction of sp³-hybridized carbons (Fsp3) is 0.188. The molecule has 0 aliphatic carbocycles. The lowest BCUT2D eigenvalue weighted by Gasteiger charge is -2.04. The number of rotatable bonds is 4. The number of nitrogens with one attached hydrogen (secondary N) is 1. The standard InChI is InChI=1S/C16H15N3OS2/c1-3-15-17-8-14(22-15)16(20)19-12-6-4-11(5-7-12)13-9-21-10(2)18-13/h4-9H,3H2,1-2H3,(H,19,20). The van der Waals surface area contributed by atoms with E-state index >= 15 is 0 Å². The number of aromatic nitrogens is 2. The summed E-state index contributed by atoms with van der Waals surface area (Å²) in [6, 6.07) is 7.72. The van der Waals surface area contributed by atoms with Crippen LogP contribution in [0.25, 0.3) is 11.3 Å². The highest BCUT2D eigenvalue weighted by molar-refractivity contribution is 7.13. The zero-order valence-electron chi connectivity index (χ0n) is 12.3. The molecule has 0 aliphatic heterocycles. The molecule has 112 valence electrons. The van der Waals surface area contributed by atoms with Crippen molar-refractivity contribution in [2.75, 3.05) is 5.32 Å². The van der Waals surface area contributed by atoms with E-state index in [9.17, 15) is 4.79 Å². The van der Waals surface area contributed by atoms with Gasteiger partial charge in [0.25, 0.3) is 5.91 Å². The molecule has 0 fully saturated rings. The number of carbonyl (C=O) groups excluding carboxylic acids is 1. The molecule has 4 nitrogen and oxygen atoms in total. The second-order valence-corrected chi connectivity index (χ2v) is 6.93. The third-order valence-electron chi connectivity index (χ3n) is 3.14. The number of hydrogen-bond acceptors (Lipinski definition) is 5. The van der Waals surface area contributed by atoms with Crippen molar-refractivity contribution in [1.82, 2.24) is 9.97 Å². The van der Waals surface area contributed by atoms with Crippen LogP contribution in [-0.2, 0) is 6.42 Å². The van der Waals surface area contributed by atoms with Gasteiger partial charge in [-0.05, 0) is 25.5 Å². The molecular weight excluding hydrogens is 314 g/mol. The van der Waals surface area contributed by atoms with Gasteiger partial charge in [-0.1, -0.05) is 19.1 Å². The van der Waals surface area contributed by atoms with E-state index in [2.05, 4.69) is 15.3 Å². The summed E-state index contributed by atoms with van der Waals surface area (Å²) < 4.78 is 0. The third-order valence-corrected chi connectivity index (χ3v) is 5.05. The number of benzene rings is 1. The molecule has 0 atom stereocenters. The van der Waals surface area contributed by atoms with Crippen molar-refractivity contribution >= 4 is 34.3 Å².